The molecular weight excluding hydrogens is 434 g/mol. The van der Waals surface area contributed by atoms with Crippen molar-refractivity contribution in [3.05, 3.63) is 65.2 Å². The second kappa shape index (κ2) is 8.67. The number of hydrogen-bond donors (Lipinski definition) is 2. The number of nitrogens with one attached hydrogen (secondary N) is 2. The summed E-state index contributed by atoms with van der Waals surface area (Å²) in [4.78, 5) is 24.8. The predicted octanol–water partition coefficient (Wildman–Crippen LogP) is 4.09. The standard InChI is InChI=1S/C25H29N5O2S/c1-24(2,3)18-12-10-16(11-13-18)22(32)28-26-20(31)15-33-23-29-27-21-19-9-7-6-8-17(19)14-25(4,5)30(21)23/h6-13H,14-15H2,1-5H3,(H,26,31)(H,28,32). The van der Waals surface area contributed by atoms with Gasteiger partial charge in [0.1, 0.15) is 0 Å². The lowest BCUT2D eigenvalue weighted by molar-refractivity contribution is -0.119. The zero-order chi connectivity index (χ0) is 23.8. The van der Waals surface area contributed by atoms with Gasteiger partial charge in [-0.3, -0.25) is 25.0 Å². The SMILES string of the molecule is CC(C)(C)c1ccc(C(=O)NNC(=O)CSc2nnc3n2C(C)(C)Cc2ccccc2-3)cc1. The first-order valence-corrected chi connectivity index (χ1v) is 11.9. The fourth-order valence-electron chi connectivity index (χ4n) is 4.01. The van der Waals surface area contributed by atoms with Crippen molar-refractivity contribution in [1.82, 2.24) is 25.6 Å². The summed E-state index contributed by atoms with van der Waals surface area (Å²) >= 11 is 1.30. The monoisotopic (exact) mass is 463 g/mol. The number of aromatic nitrogens is 3. The zero-order valence-corrected chi connectivity index (χ0v) is 20.4. The van der Waals surface area contributed by atoms with Gasteiger partial charge in [-0.05, 0) is 48.9 Å². The van der Waals surface area contributed by atoms with Gasteiger partial charge in [-0.1, -0.05) is 68.9 Å². The van der Waals surface area contributed by atoms with E-state index >= 15 is 0 Å². The summed E-state index contributed by atoms with van der Waals surface area (Å²) in [7, 11) is 0. The van der Waals surface area contributed by atoms with E-state index in [0.29, 0.717) is 10.7 Å². The van der Waals surface area contributed by atoms with Crippen molar-refractivity contribution < 1.29 is 9.59 Å². The summed E-state index contributed by atoms with van der Waals surface area (Å²) < 4.78 is 2.10. The normalized spacial score (nSPS) is 14.2. The zero-order valence-electron chi connectivity index (χ0n) is 19.6. The van der Waals surface area contributed by atoms with Gasteiger partial charge in [0.15, 0.2) is 11.0 Å². The molecule has 33 heavy (non-hydrogen) atoms. The number of amides is 2. The number of carbonyl (C=O) groups is 2. The number of rotatable bonds is 4. The predicted molar refractivity (Wildman–Crippen MR) is 130 cm³/mol. The van der Waals surface area contributed by atoms with Crippen LogP contribution in [0.3, 0.4) is 0 Å². The number of benzene rings is 2. The first-order valence-electron chi connectivity index (χ1n) is 10.9. The van der Waals surface area contributed by atoms with E-state index in [2.05, 4.69) is 72.4 Å². The number of hydrazine groups is 1. The molecule has 0 atom stereocenters. The Bertz CT molecular complexity index is 1190. The molecule has 0 radical (unpaired) electrons. The quantitative estimate of drug-likeness (QED) is 0.449. The highest BCUT2D eigenvalue weighted by atomic mass is 32.2. The van der Waals surface area contributed by atoms with E-state index < -0.39 is 0 Å². The average Bonchev–Trinajstić information content (AvgIpc) is 3.21. The van der Waals surface area contributed by atoms with Crippen LogP contribution < -0.4 is 10.9 Å². The summed E-state index contributed by atoms with van der Waals surface area (Å²) in [6, 6.07) is 15.6. The molecular formula is C25H29N5O2S. The maximum absolute atomic E-state index is 12.4. The van der Waals surface area contributed by atoms with Crippen LogP contribution in [0.2, 0.25) is 0 Å². The molecule has 0 fully saturated rings. The average molecular weight is 464 g/mol. The van der Waals surface area contributed by atoms with Crippen molar-refractivity contribution in [2.75, 3.05) is 5.75 Å². The number of nitrogens with zero attached hydrogens (tertiary/aromatic N) is 3. The van der Waals surface area contributed by atoms with Crippen molar-refractivity contribution >= 4 is 23.6 Å². The molecule has 2 N–H and O–H groups in total. The largest absolute Gasteiger partial charge is 0.296 e. The Labute approximate surface area is 198 Å². The van der Waals surface area contributed by atoms with Crippen LogP contribution in [0, 0.1) is 0 Å². The molecule has 0 saturated heterocycles. The Morgan fingerprint density at radius 2 is 1.73 bits per heavy atom. The Morgan fingerprint density at radius 1 is 1.03 bits per heavy atom. The molecule has 7 nitrogen and oxygen atoms in total. The second-order valence-corrected chi connectivity index (χ2v) is 10.8. The third-order valence-corrected chi connectivity index (χ3v) is 6.71. The van der Waals surface area contributed by atoms with E-state index in [1.54, 1.807) is 12.1 Å². The van der Waals surface area contributed by atoms with E-state index in [0.717, 1.165) is 23.4 Å². The topological polar surface area (TPSA) is 88.9 Å². The van der Waals surface area contributed by atoms with Crippen molar-refractivity contribution in [2.24, 2.45) is 0 Å². The molecule has 1 aromatic heterocycles. The van der Waals surface area contributed by atoms with Gasteiger partial charge in [0.25, 0.3) is 5.91 Å². The highest BCUT2D eigenvalue weighted by molar-refractivity contribution is 7.99. The van der Waals surface area contributed by atoms with Gasteiger partial charge < -0.3 is 0 Å². The molecule has 2 aromatic carbocycles. The Balaban J connectivity index is 1.37. The lowest BCUT2D eigenvalue weighted by Crippen LogP contribution is -2.42. The molecule has 2 heterocycles. The van der Waals surface area contributed by atoms with Gasteiger partial charge in [-0.2, -0.15) is 0 Å². The lowest BCUT2D eigenvalue weighted by atomic mass is 9.87. The number of carbonyl (C=O) groups excluding carboxylic acids is 2. The minimum Gasteiger partial charge on any atom is -0.296 e. The van der Waals surface area contributed by atoms with E-state index in [1.165, 1.54) is 17.3 Å². The van der Waals surface area contributed by atoms with Crippen LogP contribution in [0.5, 0.6) is 0 Å². The van der Waals surface area contributed by atoms with Gasteiger partial charge in [-0.15, -0.1) is 10.2 Å². The molecule has 172 valence electrons. The van der Waals surface area contributed by atoms with Gasteiger partial charge >= 0.3 is 0 Å². The molecule has 4 rings (SSSR count). The molecule has 0 aliphatic carbocycles. The molecule has 1 aliphatic heterocycles. The second-order valence-electron chi connectivity index (χ2n) is 9.91. The Morgan fingerprint density at radius 3 is 2.42 bits per heavy atom. The lowest BCUT2D eigenvalue weighted by Gasteiger charge is -2.34. The van der Waals surface area contributed by atoms with E-state index in [9.17, 15) is 9.59 Å². The van der Waals surface area contributed by atoms with Gasteiger partial charge in [0.05, 0.1) is 5.75 Å². The fourth-order valence-corrected chi connectivity index (χ4v) is 4.90. The van der Waals surface area contributed by atoms with Crippen LogP contribution in [-0.2, 0) is 22.2 Å². The molecule has 0 spiro atoms. The summed E-state index contributed by atoms with van der Waals surface area (Å²) in [6.45, 7) is 10.6. The number of thioether (sulfide) groups is 1. The summed E-state index contributed by atoms with van der Waals surface area (Å²) in [5.74, 6) is 0.258. The highest BCUT2D eigenvalue weighted by Gasteiger charge is 2.34. The molecule has 0 bridgehead atoms. The van der Waals surface area contributed by atoms with Gasteiger partial charge in [0, 0.05) is 16.7 Å². The molecule has 1 aliphatic rings. The molecule has 8 heteroatoms. The van der Waals surface area contributed by atoms with Gasteiger partial charge in [0.2, 0.25) is 5.91 Å². The van der Waals surface area contributed by atoms with Crippen molar-refractivity contribution in [2.45, 2.75) is 57.1 Å². The van der Waals surface area contributed by atoms with Crippen LogP contribution in [0.1, 0.15) is 56.1 Å². The van der Waals surface area contributed by atoms with Crippen LogP contribution in [0.4, 0.5) is 0 Å². The minimum atomic E-state index is -0.355. The van der Waals surface area contributed by atoms with Crippen molar-refractivity contribution in [3.8, 4) is 11.4 Å². The maximum Gasteiger partial charge on any atom is 0.269 e. The van der Waals surface area contributed by atoms with Gasteiger partial charge in [-0.25, -0.2) is 0 Å². The Hall–Kier alpha value is -3.13. The third kappa shape index (κ3) is 4.80. The molecule has 0 saturated carbocycles. The fraction of sp³-hybridized carbons (Fsp3) is 0.360. The molecule has 0 unspecified atom stereocenters. The number of fused-ring (bicyclic) bond motifs is 3. The smallest absolute Gasteiger partial charge is 0.269 e. The first kappa shape index (κ1) is 23.0. The Kier molecular flexibility index (Phi) is 6.05. The summed E-state index contributed by atoms with van der Waals surface area (Å²) in [5.41, 5.74) is 8.72. The van der Waals surface area contributed by atoms with E-state index in [4.69, 9.17) is 0 Å². The number of hydrogen-bond acceptors (Lipinski definition) is 5. The van der Waals surface area contributed by atoms with Crippen LogP contribution in [0.15, 0.2) is 53.7 Å². The van der Waals surface area contributed by atoms with Crippen LogP contribution in [-0.4, -0.2) is 32.3 Å². The third-order valence-electron chi connectivity index (χ3n) is 5.78. The first-order chi connectivity index (χ1) is 15.6. The summed E-state index contributed by atoms with van der Waals surface area (Å²) in [5, 5.41) is 9.43. The van der Waals surface area contributed by atoms with E-state index in [1.807, 2.05) is 24.3 Å². The molecule has 2 amide bonds. The van der Waals surface area contributed by atoms with Crippen LogP contribution >= 0.6 is 11.8 Å². The molecule has 3 aromatic rings. The summed E-state index contributed by atoms with van der Waals surface area (Å²) in [6.07, 6.45) is 0.859. The maximum atomic E-state index is 12.4. The minimum absolute atomic E-state index is 0.0119. The van der Waals surface area contributed by atoms with Crippen LogP contribution in [0.25, 0.3) is 11.4 Å². The highest BCUT2D eigenvalue weighted by Crippen LogP contribution is 2.39. The van der Waals surface area contributed by atoms with E-state index in [-0.39, 0.29) is 28.5 Å². The van der Waals surface area contributed by atoms with Crippen molar-refractivity contribution in [1.29, 1.82) is 0 Å². The van der Waals surface area contributed by atoms with Crippen molar-refractivity contribution in [3.63, 3.8) is 0 Å².